The molecule has 1 spiro atoms. The Morgan fingerprint density at radius 1 is 1.30 bits per heavy atom. The highest BCUT2D eigenvalue weighted by molar-refractivity contribution is 5.20. The summed E-state index contributed by atoms with van der Waals surface area (Å²) in [7, 11) is 0. The van der Waals surface area contributed by atoms with Crippen molar-refractivity contribution in [3.63, 3.8) is 0 Å². The quantitative estimate of drug-likeness (QED) is 0.873. The van der Waals surface area contributed by atoms with Gasteiger partial charge in [-0.1, -0.05) is 37.3 Å². The lowest BCUT2D eigenvalue weighted by molar-refractivity contribution is -0.147. The minimum Gasteiger partial charge on any atom is -0.375 e. The van der Waals surface area contributed by atoms with Crippen molar-refractivity contribution in [2.45, 2.75) is 57.1 Å². The van der Waals surface area contributed by atoms with Gasteiger partial charge in [-0.3, -0.25) is 0 Å². The van der Waals surface area contributed by atoms with Gasteiger partial charge in [0.15, 0.2) is 0 Å². The maximum atomic E-state index is 6.09. The van der Waals surface area contributed by atoms with E-state index in [1.807, 2.05) is 0 Å². The van der Waals surface area contributed by atoms with Crippen LogP contribution in [0.2, 0.25) is 0 Å². The normalized spacial score (nSPS) is 26.1. The zero-order chi connectivity index (χ0) is 13.8. The summed E-state index contributed by atoms with van der Waals surface area (Å²) in [4.78, 5) is 0. The van der Waals surface area contributed by atoms with Crippen LogP contribution < -0.4 is 5.32 Å². The minimum absolute atomic E-state index is 0.240. The Morgan fingerprint density at radius 3 is 2.75 bits per heavy atom. The van der Waals surface area contributed by atoms with Crippen LogP contribution in [0.4, 0.5) is 0 Å². The maximum absolute atomic E-state index is 6.09. The van der Waals surface area contributed by atoms with Gasteiger partial charge in [0.2, 0.25) is 0 Å². The Balaban J connectivity index is 1.74. The van der Waals surface area contributed by atoms with E-state index in [2.05, 4.69) is 42.6 Å². The van der Waals surface area contributed by atoms with E-state index in [0.29, 0.717) is 6.04 Å². The molecule has 2 heteroatoms. The molecule has 1 saturated carbocycles. The van der Waals surface area contributed by atoms with Crippen LogP contribution >= 0.6 is 0 Å². The molecule has 1 N–H and O–H groups in total. The monoisotopic (exact) mass is 273 g/mol. The highest BCUT2D eigenvalue weighted by Gasteiger charge is 2.44. The second kappa shape index (κ2) is 6.28. The van der Waals surface area contributed by atoms with E-state index in [4.69, 9.17) is 4.74 Å². The molecule has 3 rings (SSSR count). The van der Waals surface area contributed by atoms with Crippen molar-refractivity contribution in [1.82, 2.24) is 5.32 Å². The molecule has 2 fully saturated rings. The van der Waals surface area contributed by atoms with E-state index < -0.39 is 0 Å². The molecular formula is C18H27NO. The highest BCUT2D eigenvalue weighted by atomic mass is 16.5. The van der Waals surface area contributed by atoms with Gasteiger partial charge in [-0.2, -0.15) is 0 Å². The number of benzene rings is 1. The standard InChI is InChI=1S/C18H27NO/c1-2-12-19-17(15-7-4-3-5-8-15)16-9-13-20-18(14-16)10-6-11-18/h3-5,7-8,16-17,19H,2,6,9-14H2,1H3. The summed E-state index contributed by atoms with van der Waals surface area (Å²) in [5, 5.41) is 3.79. The van der Waals surface area contributed by atoms with Crippen molar-refractivity contribution in [3.8, 4) is 0 Å². The van der Waals surface area contributed by atoms with Crippen LogP contribution in [0, 0.1) is 5.92 Å². The van der Waals surface area contributed by atoms with Crippen LogP contribution in [0.15, 0.2) is 30.3 Å². The molecule has 1 heterocycles. The predicted molar refractivity (Wildman–Crippen MR) is 82.7 cm³/mol. The number of hydrogen-bond acceptors (Lipinski definition) is 2. The molecule has 1 saturated heterocycles. The topological polar surface area (TPSA) is 21.3 Å². The molecule has 0 radical (unpaired) electrons. The van der Waals surface area contributed by atoms with Crippen LogP contribution in [-0.4, -0.2) is 18.8 Å². The molecule has 2 unspecified atom stereocenters. The zero-order valence-electron chi connectivity index (χ0n) is 12.6. The molecule has 1 aromatic rings. The zero-order valence-corrected chi connectivity index (χ0v) is 12.6. The number of hydrogen-bond donors (Lipinski definition) is 1. The van der Waals surface area contributed by atoms with Crippen molar-refractivity contribution in [1.29, 1.82) is 0 Å². The van der Waals surface area contributed by atoms with Gasteiger partial charge in [0.1, 0.15) is 0 Å². The summed E-state index contributed by atoms with van der Waals surface area (Å²) in [5.74, 6) is 0.720. The van der Waals surface area contributed by atoms with Crippen LogP contribution in [-0.2, 0) is 4.74 Å². The smallest absolute Gasteiger partial charge is 0.0686 e. The summed E-state index contributed by atoms with van der Waals surface area (Å²) in [6, 6.07) is 11.5. The van der Waals surface area contributed by atoms with E-state index >= 15 is 0 Å². The fraction of sp³-hybridized carbons (Fsp3) is 0.667. The molecule has 1 aliphatic carbocycles. The lowest BCUT2D eigenvalue weighted by Crippen LogP contribution is -2.48. The van der Waals surface area contributed by atoms with E-state index in [1.165, 1.54) is 44.1 Å². The van der Waals surface area contributed by atoms with Gasteiger partial charge in [-0.25, -0.2) is 0 Å². The third kappa shape index (κ3) is 2.91. The first-order valence-electron chi connectivity index (χ1n) is 8.25. The van der Waals surface area contributed by atoms with Crippen molar-refractivity contribution in [3.05, 3.63) is 35.9 Å². The molecule has 2 atom stereocenters. The first kappa shape index (κ1) is 14.1. The fourth-order valence-electron chi connectivity index (χ4n) is 3.79. The van der Waals surface area contributed by atoms with Gasteiger partial charge in [-0.15, -0.1) is 0 Å². The van der Waals surface area contributed by atoms with Gasteiger partial charge < -0.3 is 10.1 Å². The Kier molecular flexibility index (Phi) is 4.42. The van der Waals surface area contributed by atoms with E-state index in [9.17, 15) is 0 Å². The lowest BCUT2D eigenvalue weighted by atomic mass is 9.69. The maximum Gasteiger partial charge on any atom is 0.0686 e. The van der Waals surface area contributed by atoms with Crippen LogP contribution in [0.1, 0.15) is 57.1 Å². The Hall–Kier alpha value is -0.860. The van der Waals surface area contributed by atoms with Crippen molar-refractivity contribution >= 4 is 0 Å². The molecule has 0 amide bonds. The summed E-state index contributed by atoms with van der Waals surface area (Å²) >= 11 is 0. The molecule has 0 aromatic heterocycles. The van der Waals surface area contributed by atoms with E-state index in [0.717, 1.165) is 19.1 Å². The SMILES string of the molecule is CCCNC(c1ccccc1)C1CCOC2(CCC2)C1. The van der Waals surface area contributed by atoms with Crippen molar-refractivity contribution in [2.75, 3.05) is 13.2 Å². The largest absolute Gasteiger partial charge is 0.375 e. The lowest BCUT2D eigenvalue weighted by Gasteiger charge is -2.49. The molecule has 0 bridgehead atoms. The van der Waals surface area contributed by atoms with Crippen molar-refractivity contribution < 1.29 is 4.74 Å². The summed E-state index contributed by atoms with van der Waals surface area (Å²) in [5.41, 5.74) is 1.69. The van der Waals surface area contributed by atoms with Crippen LogP contribution in [0.5, 0.6) is 0 Å². The van der Waals surface area contributed by atoms with Gasteiger partial charge in [0, 0.05) is 12.6 Å². The average molecular weight is 273 g/mol. The number of rotatable bonds is 5. The third-order valence-electron chi connectivity index (χ3n) is 5.04. The summed E-state index contributed by atoms with van der Waals surface area (Å²) < 4.78 is 6.09. The Labute approximate surface area is 122 Å². The fourth-order valence-corrected chi connectivity index (χ4v) is 3.79. The van der Waals surface area contributed by atoms with Gasteiger partial charge in [-0.05, 0) is 56.6 Å². The molecule has 20 heavy (non-hydrogen) atoms. The van der Waals surface area contributed by atoms with Crippen LogP contribution in [0.25, 0.3) is 0 Å². The van der Waals surface area contributed by atoms with Crippen LogP contribution in [0.3, 0.4) is 0 Å². The molecule has 2 nitrogen and oxygen atoms in total. The Morgan fingerprint density at radius 2 is 2.10 bits per heavy atom. The second-order valence-corrected chi connectivity index (χ2v) is 6.48. The number of nitrogens with one attached hydrogen (secondary N) is 1. The van der Waals surface area contributed by atoms with E-state index in [1.54, 1.807) is 0 Å². The molecule has 2 aliphatic rings. The first-order valence-corrected chi connectivity index (χ1v) is 8.25. The molecule has 1 aromatic carbocycles. The first-order chi connectivity index (χ1) is 9.83. The predicted octanol–water partition coefficient (Wildman–Crippen LogP) is 4.08. The number of ether oxygens (including phenoxy) is 1. The highest BCUT2D eigenvalue weighted by Crippen LogP contribution is 2.47. The summed E-state index contributed by atoms with van der Waals surface area (Å²) in [6.45, 7) is 4.29. The third-order valence-corrected chi connectivity index (χ3v) is 5.04. The van der Waals surface area contributed by atoms with Gasteiger partial charge in [0.25, 0.3) is 0 Å². The minimum atomic E-state index is 0.240. The molecular weight excluding hydrogens is 246 g/mol. The van der Waals surface area contributed by atoms with Gasteiger partial charge >= 0.3 is 0 Å². The Bertz CT molecular complexity index is 413. The average Bonchev–Trinajstić information content (AvgIpc) is 2.47. The summed E-state index contributed by atoms with van der Waals surface area (Å²) in [6.07, 6.45) is 7.53. The van der Waals surface area contributed by atoms with E-state index in [-0.39, 0.29) is 5.60 Å². The molecule has 110 valence electrons. The van der Waals surface area contributed by atoms with Crippen molar-refractivity contribution in [2.24, 2.45) is 5.92 Å². The second-order valence-electron chi connectivity index (χ2n) is 6.48. The molecule has 1 aliphatic heterocycles. The van der Waals surface area contributed by atoms with Gasteiger partial charge in [0.05, 0.1) is 5.60 Å².